The number of carbonyl (C=O) groups is 1. The lowest BCUT2D eigenvalue weighted by atomic mass is 9.98. The fraction of sp³-hybridized carbons (Fsp3) is 0.360. The summed E-state index contributed by atoms with van der Waals surface area (Å²) in [6.45, 7) is 4.33. The second-order valence-electron chi connectivity index (χ2n) is 8.41. The van der Waals surface area contributed by atoms with Crippen LogP contribution in [0.15, 0.2) is 65.0 Å². The maximum atomic E-state index is 12.6. The number of nitrogens with one attached hydrogen (secondary N) is 2. The summed E-state index contributed by atoms with van der Waals surface area (Å²) in [7, 11) is 2.14. The molecule has 0 saturated carbocycles. The Morgan fingerprint density at radius 3 is 2.47 bits per heavy atom. The Bertz CT molecular complexity index is 1060. The lowest BCUT2D eigenvalue weighted by molar-refractivity contribution is -0.138. The van der Waals surface area contributed by atoms with Crippen molar-refractivity contribution in [3.63, 3.8) is 0 Å². The standard InChI is InChI=1S/C25H30N4O3/c1-28-13-15-29(16-14-28)21-10-7-18(8-11-21)22-12-9-20(24(30)27-22)17-26-23(25(31)32)19-5-3-2-4-6-19/h2-3,6-12,23,26H,4-5,13-17H2,1H3,(H,27,30)(H,31,32)/t23-/m1/s1. The van der Waals surface area contributed by atoms with Gasteiger partial charge in [0.15, 0.2) is 0 Å². The minimum atomic E-state index is -0.931. The summed E-state index contributed by atoms with van der Waals surface area (Å²) in [6.07, 6.45) is 7.28. The predicted molar refractivity (Wildman–Crippen MR) is 127 cm³/mol. The molecule has 1 aromatic heterocycles. The first-order chi connectivity index (χ1) is 15.5. The Labute approximate surface area is 188 Å². The molecule has 1 aliphatic heterocycles. The van der Waals surface area contributed by atoms with Gasteiger partial charge in [-0.25, -0.2) is 0 Å². The third-order valence-corrected chi connectivity index (χ3v) is 6.19. The molecule has 7 nitrogen and oxygen atoms in total. The average molecular weight is 435 g/mol. The van der Waals surface area contributed by atoms with Crippen LogP contribution in [-0.4, -0.2) is 60.2 Å². The van der Waals surface area contributed by atoms with E-state index >= 15 is 0 Å². The molecule has 4 rings (SSSR count). The van der Waals surface area contributed by atoms with Crippen molar-refractivity contribution in [1.29, 1.82) is 0 Å². The van der Waals surface area contributed by atoms with Crippen molar-refractivity contribution in [1.82, 2.24) is 15.2 Å². The fourth-order valence-electron chi connectivity index (χ4n) is 4.17. The van der Waals surface area contributed by atoms with Crippen molar-refractivity contribution in [3.05, 3.63) is 76.1 Å². The summed E-state index contributed by atoms with van der Waals surface area (Å²) < 4.78 is 0. The van der Waals surface area contributed by atoms with Crippen LogP contribution in [0.25, 0.3) is 11.3 Å². The van der Waals surface area contributed by atoms with Gasteiger partial charge in [0.25, 0.3) is 5.56 Å². The van der Waals surface area contributed by atoms with Gasteiger partial charge in [-0.2, -0.15) is 0 Å². The van der Waals surface area contributed by atoms with Gasteiger partial charge in [0.1, 0.15) is 6.04 Å². The fourth-order valence-corrected chi connectivity index (χ4v) is 4.17. The van der Waals surface area contributed by atoms with Gasteiger partial charge in [0.2, 0.25) is 0 Å². The number of aromatic nitrogens is 1. The maximum Gasteiger partial charge on any atom is 0.325 e. The molecular weight excluding hydrogens is 404 g/mol. The molecule has 3 N–H and O–H groups in total. The smallest absolute Gasteiger partial charge is 0.325 e. The van der Waals surface area contributed by atoms with Gasteiger partial charge in [0, 0.05) is 49.7 Å². The van der Waals surface area contributed by atoms with Crippen molar-refractivity contribution < 1.29 is 9.90 Å². The topological polar surface area (TPSA) is 88.7 Å². The number of pyridine rings is 1. The molecule has 168 valence electrons. The number of carboxylic acid groups (broad SMARTS) is 1. The number of hydrogen-bond donors (Lipinski definition) is 3. The van der Waals surface area contributed by atoms with E-state index < -0.39 is 12.0 Å². The highest BCUT2D eigenvalue weighted by atomic mass is 16.4. The molecule has 2 heterocycles. The molecule has 1 aliphatic carbocycles. The van der Waals surface area contributed by atoms with E-state index in [9.17, 15) is 14.7 Å². The molecule has 0 radical (unpaired) electrons. The Kier molecular flexibility index (Phi) is 6.87. The van der Waals surface area contributed by atoms with Crippen LogP contribution in [0.4, 0.5) is 5.69 Å². The third kappa shape index (κ3) is 5.18. The average Bonchev–Trinajstić information content (AvgIpc) is 2.81. The molecule has 32 heavy (non-hydrogen) atoms. The summed E-state index contributed by atoms with van der Waals surface area (Å²) in [6, 6.07) is 11.1. The van der Waals surface area contributed by atoms with E-state index in [2.05, 4.69) is 39.3 Å². The van der Waals surface area contributed by atoms with Gasteiger partial charge in [-0.15, -0.1) is 0 Å². The van der Waals surface area contributed by atoms with E-state index in [4.69, 9.17) is 0 Å². The zero-order chi connectivity index (χ0) is 22.5. The number of nitrogens with zero attached hydrogens (tertiary/aromatic N) is 2. The van der Waals surface area contributed by atoms with Crippen LogP contribution in [0.5, 0.6) is 0 Å². The summed E-state index contributed by atoms with van der Waals surface area (Å²) in [5.74, 6) is -0.931. The lowest BCUT2D eigenvalue weighted by Gasteiger charge is -2.34. The summed E-state index contributed by atoms with van der Waals surface area (Å²) in [5, 5.41) is 12.6. The van der Waals surface area contributed by atoms with Crippen molar-refractivity contribution >= 4 is 11.7 Å². The van der Waals surface area contributed by atoms with Crippen LogP contribution in [0, 0.1) is 0 Å². The first kappa shape index (κ1) is 22.0. The highest BCUT2D eigenvalue weighted by Crippen LogP contribution is 2.22. The second-order valence-corrected chi connectivity index (χ2v) is 8.41. The maximum absolute atomic E-state index is 12.6. The first-order valence-electron chi connectivity index (χ1n) is 11.1. The molecule has 2 aromatic rings. The van der Waals surface area contributed by atoms with Crippen molar-refractivity contribution in [2.24, 2.45) is 0 Å². The molecule has 2 aliphatic rings. The van der Waals surface area contributed by atoms with Gasteiger partial charge in [-0.1, -0.05) is 36.4 Å². The quantitative estimate of drug-likeness (QED) is 0.581. The van der Waals surface area contributed by atoms with Crippen molar-refractivity contribution in [2.75, 3.05) is 38.1 Å². The Hall–Kier alpha value is -3.16. The predicted octanol–water partition coefficient (Wildman–Crippen LogP) is 2.61. The molecule has 0 bridgehead atoms. The van der Waals surface area contributed by atoms with E-state index in [1.807, 2.05) is 36.4 Å². The summed E-state index contributed by atoms with van der Waals surface area (Å²) >= 11 is 0. The number of hydrogen-bond acceptors (Lipinski definition) is 5. The van der Waals surface area contributed by atoms with Gasteiger partial charge in [0.05, 0.1) is 0 Å². The molecule has 0 spiro atoms. The van der Waals surface area contributed by atoms with E-state index in [1.165, 1.54) is 5.69 Å². The lowest BCUT2D eigenvalue weighted by Crippen LogP contribution is -2.44. The van der Waals surface area contributed by atoms with E-state index in [1.54, 1.807) is 6.07 Å². The minimum Gasteiger partial charge on any atom is -0.480 e. The Balaban J connectivity index is 1.42. The molecule has 0 unspecified atom stereocenters. The number of rotatable bonds is 7. The zero-order valence-corrected chi connectivity index (χ0v) is 18.4. The van der Waals surface area contributed by atoms with Crippen molar-refractivity contribution in [3.8, 4) is 11.3 Å². The molecular formula is C25H30N4O3. The number of aromatic amines is 1. The van der Waals surface area contributed by atoms with Crippen molar-refractivity contribution in [2.45, 2.75) is 25.4 Å². The number of likely N-dealkylation sites (N-methyl/N-ethyl adjacent to an activating group) is 1. The van der Waals surface area contributed by atoms with Gasteiger partial charge in [-0.05, 0) is 49.2 Å². The van der Waals surface area contributed by atoms with Gasteiger partial charge in [-0.3, -0.25) is 14.9 Å². The molecule has 1 fully saturated rings. The van der Waals surface area contributed by atoms with E-state index in [0.717, 1.165) is 49.4 Å². The first-order valence-corrected chi connectivity index (χ1v) is 11.1. The number of benzene rings is 1. The van der Waals surface area contributed by atoms with Crippen LogP contribution < -0.4 is 15.8 Å². The normalized spacial score (nSPS) is 17.8. The molecule has 7 heteroatoms. The number of carboxylic acids is 1. The van der Waals surface area contributed by atoms with Crippen LogP contribution >= 0.6 is 0 Å². The number of aliphatic carboxylic acids is 1. The van der Waals surface area contributed by atoms with Crippen LogP contribution in [0.3, 0.4) is 0 Å². The third-order valence-electron chi connectivity index (χ3n) is 6.19. The molecule has 1 atom stereocenters. The number of anilines is 1. The largest absolute Gasteiger partial charge is 0.480 e. The second kappa shape index (κ2) is 9.97. The summed E-state index contributed by atoms with van der Waals surface area (Å²) in [4.78, 5) is 32.0. The highest BCUT2D eigenvalue weighted by Gasteiger charge is 2.22. The number of piperazine rings is 1. The highest BCUT2D eigenvalue weighted by molar-refractivity contribution is 5.77. The van der Waals surface area contributed by atoms with E-state index in [0.29, 0.717) is 12.0 Å². The molecule has 1 aromatic carbocycles. The minimum absolute atomic E-state index is 0.190. The van der Waals surface area contributed by atoms with Crippen LogP contribution in [-0.2, 0) is 11.3 Å². The van der Waals surface area contributed by atoms with E-state index in [-0.39, 0.29) is 12.1 Å². The number of allylic oxidation sites excluding steroid dienone is 3. The number of H-pyrrole nitrogens is 1. The van der Waals surface area contributed by atoms with Crippen LogP contribution in [0.2, 0.25) is 0 Å². The van der Waals surface area contributed by atoms with Gasteiger partial charge < -0.3 is 19.9 Å². The van der Waals surface area contributed by atoms with Crippen LogP contribution in [0.1, 0.15) is 18.4 Å². The summed E-state index contributed by atoms with van der Waals surface area (Å²) in [5.41, 5.74) is 4.02. The Morgan fingerprint density at radius 1 is 1.09 bits per heavy atom. The Morgan fingerprint density at radius 2 is 1.84 bits per heavy atom. The monoisotopic (exact) mass is 434 g/mol. The molecule has 1 saturated heterocycles. The molecule has 0 amide bonds. The SMILES string of the molecule is CN1CCN(c2ccc(-c3ccc(CN[C@@H](C(=O)O)C4=CCC=CC4)c(=O)[nH]3)cc2)CC1. The zero-order valence-electron chi connectivity index (χ0n) is 18.4. The van der Waals surface area contributed by atoms with Gasteiger partial charge >= 0.3 is 5.97 Å².